The molecule has 7 amide bonds. The maximum Gasteiger partial charge on any atom is 0.329 e. The summed E-state index contributed by atoms with van der Waals surface area (Å²) in [4.78, 5) is 101. The van der Waals surface area contributed by atoms with Crippen molar-refractivity contribution in [2.75, 3.05) is 25.5 Å². The van der Waals surface area contributed by atoms with E-state index in [1.54, 1.807) is 24.3 Å². The molecule has 0 saturated carbocycles. The van der Waals surface area contributed by atoms with Crippen LogP contribution in [-0.2, 0) is 39.9 Å². The first-order valence-corrected chi connectivity index (χ1v) is 19.3. The molecule has 0 aliphatic carbocycles. The third-order valence-corrected chi connectivity index (χ3v) is 10.7. The predicted molar refractivity (Wildman–Crippen MR) is 205 cm³/mol. The number of aliphatic hydroxyl groups is 1. The minimum atomic E-state index is -1.69. The number of hydrogen-bond donors (Lipinski definition) is 5. The van der Waals surface area contributed by atoms with E-state index in [9.17, 15) is 47.4 Å². The molecule has 18 heteroatoms. The first-order chi connectivity index (χ1) is 27.3. The second-order valence-corrected chi connectivity index (χ2v) is 15.5. The molecular formula is C40H51F2N7O9. The molecule has 314 valence electrons. The number of nitrogens with one attached hydrogen (secondary N) is 4. The topological polar surface area (TPSA) is 207 Å². The summed E-state index contributed by atoms with van der Waals surface area (Å²) in [6.45, 7) is 7.92. The van der Waals surface area contributed by atoms with Gasteiger partial charge in [0, 0.05) is 38.3 Å². The van der Waals surface area contributed by atoms with Gasteiger partial charge in [0.15, 0.2) is 0 Å². The van der Waals surface area contributed by atoms with Gasteiger partial charge in [0.05, 0.1) is 6.10 Å². The molecule has 0 radical (unpaired) electrons. The number of carbonyl (C=O) groups is 7. The van der Waals surface area contributed by atoms with Crippen LogP contribution >= 0.6 is 0 Å². The number of hydrogen-bond acceptors (Lipinski definition) is 9. The number of anilines is 1. The van der Waals surface area contributed by atoms with Gasteiger partial charge in [-0.3, -0.25) is 24.0 Å². The number of cyclic esters (lactones) is 1. The number of aryl methyl sites for hydroxylation is 1. The Balaban J connectivity index is 1.51. The highest BCUT2D eigenvalue weighted by molar-refractivity contribution is 5.98. The van der Waals surface area contributed by atoms with Gasteiger partial charge in [0.25, 0.3) is 0 Å². The lowest BCUT2D eigenvalue weighted by atomic mass is 10.0. The Morgan fingerprint density at radius 2 is 1.60 bits per heavy atom. The molecule has 0 aromatic heterocycles. The number of rotatable bonds is 7. The molecule has 0 bridgehead atoms. The summed E-state index contributed by atoms with van der Waals surface area (Å²) >= 11 is 0. The molecule has 5 rings (SSSR count). The number of benzene rings is 2. The van der Waals surface area contributed by atoms with Crippen LogP contribution in [-0.4, -0.2) is 130 Å². The van der Waals surface area contributed by atoms with E-state index in [0.29, 0.717) is 18.2 Å². The predicted octanol–water partition coefficient (Wildman–Crippen LogP) is 1.38. The zero-order valence-electron chi connectivity index (χ0n) is 33.3. The highest BCUT2D eigenvalue weighted by Crippen LogP contribution is 2.27. The minimum Gasteiger partial charge on any atom is -0.458 e. The van der Waals surface area contributed by atoms with Crippen molar-refractivity contribution in [3.05, 3.63) is 65.2 Å². The summed E-state index contributed by atoms with van der Waals surface area (Å²) in [6.07, 6.45) is -2.58. The molecule has 16 nitrogen and oxygen atoms in total. The molecule has 0 spiro atoms. The first kappa shape index (κ1) is 43.5. The average Bonchev–Trinajstić information content (AvgIpc) is 3.80. The van der Waals surface area contributed by atoms with Crippen molar-refractivity contribution in [1.29, 1.82) is 0 Å². The van der Waals surface area contributed by atoms with E-state index in [0.717, 1.165) is 22.6 Å². The van der Waals surface area contributed by atoms with Crippen molar-refractivity contribution in [2.24, 2.45) is 5.92 Å². The Bertz CT molecular complexity index is 1890. The van der Waals surface area contributed by atoms with Gasteiger partial charge in [-0.2, -0.15) is 0 Å². The van der Waals surface area contributed by atoms with Crippen LogP contribution in [0.1, 0.15) is 58.1 Å². The Kier molecular flexibility index (Phi) is 13.7. The minimum absolute atomic E-state index is 0.00337. The van der Waals surface area contributed by atoms with Crippen LogP contribution in [0, 0.1) is 24.5 Å². The summed E-state index contributed by atoms with van der Waals surface area (Å²) in [5, 5.41) is 20.9. The Hall–Kier alpha value is -5.65. The largest absolute Gasteiger partial charge is 0.458 e. The zero-order valence-corrected chi connectivity index (χ0v) is 33.3. The number of likely N-dealkylation sites (N-methyl/N-ethyl adjacent to an activating group) is 1. The monoisotopic (exact) mass is 811 g/mol. The number of urea groups is 1. The second-order valence-electron chi connectivity index (χ2n) is 15.5. The number of amides is 7. The van der Waals surface area contributed by atoms with Crippen molar-refractivity contribution >= 4 is 47.2 Å². The van der Waals surface area contributed by atoms with Crippen molar-refractivity contribution in [3.8, 4) is 0 Å². The smallest absolute Gasteiger partial charge is 0.329 e. The fourth-order valence-electron chi connectivity index (χ4n) is 7.78. The normalized spacial score (nSPS) is 26.9. The third-order valence-electron chi connectivity index (χ3n) is 10.7. The van der Waals surface area contributed by atoms with E-state index >= 15 is 0 Å². The quantitative estimate of drug-likeness (QED) is 0.256. The lowest BCUT2D eigenvalue weighted by Gasteiger charge is -2.37. The average molecular weight is 812 g/mol. The van der Waals surface area contributed by atoms with E-state index in [-0.39, 0.29) is 37.4 Å². The summed E-state index contributed by atoms with van der Waals surface area (Å²) < 4.78 is 34.4. The van der Waals surface area contributed by atoms with Gasteiger partial charge >= 0.3 is 12.0 Å². The highest BCUT2D eigenvalue weighted by Gasteiger charge is 2.47. The first-order valence-electron chi connectivity index (χ1n) is 19.3. The number of nitrogens with zero attached hydrogens (tertiary/aromatic N) is 3. The molecule has 58 heavy (non-hydrogen) atoms. The van der Waals surface area contributed by atoms with Crippen LogP contribution in [0.2, 0.25) is 0 Å². The number of halogens is 2. The van der Waals surface area contributed by atoms with Crippen LogP contribution in [0.5, 0.6) is 0 Å². The molecule has 2 aromatic carbocycles. The molecule has 3 saturated heterocycles. The van der Waals surface area contributed by atoms with E-state index in [4.69, 9.17) is 4.74 Å². The van der Waals surface area contributed by atoms with Crippen molar-refractivity contribution in [3.63, 3.8) is 0 Å². The fraction of sp³-hybridized carbons (Fsp3) is 0.525. The van der Waals surface area contributed by atoms with Gasteiger partial charge in [0.2, 0.25) is 29.5 Å². The highest BCUT2D eigenvalue weighted by atomic mass is 19.1. The van der Waals surface area contributed by atoms with E-state index in [2.05, 4.69) is 21.3 Å². The number of carbonyl (C=O) groups excluding carboxylic acids is 7. The Morgan fingerprint density at radius 1 is 0.948 bits per heavy atom. The summed E-state index contributed by atoms with van der Waals surface area (Å²) in [7, 11) is 1.30. The maximum atomic E-state index is 14.6. The summed E-state index contributed by atoms with van der Waals surface area (Å²) in [6, 6.07) is 0.333. The molecule has 3 aliphatic rings. The fourth-order valence-corrected chi connectivity index (χ4v) is 7.78. The lowest BCUT2D eigenvalue weighted by Crippen LogP contribution is -2.63. The van der Waals surface area contributed by atoms with E-state index in [1.165, 1.54) is 37.6 Å². The molecular weight excluding hydrogens is 760 g/mol. The summed E-state index contributed by atoms with van der Waals surface area (Å²) in [5.41, 5.74) is 1.29. The van der Waals surface area contributed by atoms with Crippen LogP contribution in [0.4, 0.5) is 19.3 Å². The standard InChI is InChI=1S/C40H51F2N7O9/c1-20-9-11-28(12-10-20)44-40(57)45-29(17-25-15-26(41)18-27(42)16-25)34(51)46-32-24(5)58-39(56)31-14-21(2)19-49(31)36(53)22(3)43-35(52)33(23(4)50)47(6)37(54)30-8-7-13-48(30)38(32)55/h9-12,15-16,18,21-24,29-33,50H,7-8,13-14,17,19H2,1-6H3,(H,43,52)(H,46,51)(H2,44,45,57)/t21-,22-,23+,24-,29-,30-,31-,32-,33-/m0/s1. The SMILES string of the molecule is Cc1ccc(NC(=O)N[C@@H](Cc2cc(F)cc(F)c2)C(=O)N[C@@H]2C(=O)N3CCC[C@H]3C(=O)N(C)[C@@H]([C@@H](C)O)C(=O)N[C@@H](C)C(=O)N3C[C@@H](C)C[C@H]3C(=O)O[C@H]2C)cc1. The number of esters is 1. The van der Waals surface area contributed by atoms with Gasteiger partial charge in [-0.25, -0.2) is 18.4 Å². The van der Waals surface area contributed by atoms with Gasteiger partial charge in [-0.05, 0) is 82.7 Å². The van der Waals surface area contributed by atoms with Gasteiger partial charge in [-0.1, -0.05) is 24.6 Å². The maximum absolute atomic E-state index is 14.6. The van der Waals surface area contributed by atoms with Crippen molar-refractivity contribution in [1.82, 2.24) is 30.7 Å². The van der Waals surface area contributed by atoms with Crippen LogP contribution in [0.15, 0.2) is 42.5 Å². The number of ether oxygens (including phenoxy) is 1. The van der Waals surface area contributed by atoms with Crippen LogP contribution < -0.4 is 21.3 Å². The Morgan fingerprint density at radius 3 is 2.24 bits per heavy atom. The molecule has 2 aromatic rings. The lowest BCUT2D eigenvalue weighted by molar-refractivity contribution is -0.163. The molecule has 3 aliphatic heterocycles. The molecule has 9 atom stereocenters. The van der Waals surface area contributed by atoms with Crippen LogP contribution in [0.25, 0.3) is 0 Å². The molecule has 3 fully saturated rings. The van der Waals surface area contributed by atoms with Gasteiger partial charge in [-0.15, -0.1) is 0 Å². The molecule has 5 N–H and O–H groups in total. The second kappa shape index (κ2) is 18.3. The Labute approximate surface area is 335 Å². The third kappa shape index (κ3) is 10.1. The van der Waals surface area contributed by atoms with Crippen molar-refractivity contribution < 1.29 is 52.2 Å². The molecule has 0 unspecified atom stereocenters. The van der Waals surface area contributed by atoms with E-state index < -0.39 is 108 Å². The van der Waals surface area contributed by atoms with Gasteiger partial charge in [0.1, 0.15) is 54.0 Å². The van der Waals surface area contributed by atoms with Crippen LogP contribution in [0.3, 0.4) is 0 Å². The molecule has 3 heterocycles. The number of aliphatic hydroxyl groups excluding tert-OH is 1. The van der Waals surface area contributed by atoms with Gasteiger partial charge < -0.3 is 45.8 Å². The zero-order chi connectivity index (χ0) is 42.6. The van der Waals surface area contributed by atoms with Crippen molar-refractivity contribution in [2.45, 2.75) is 109 Å². The number of fused-ring (bicyclic) bond motifs is 2. The van der Waals surface area contributed by atoms with E-state index in [1.807, 2.05) is 13.8 Å². The summed E-state index contributed by atoms with van der Waals surface area (Å²) in [5.74, 6) is -6.91.